The third kappa shape index (κ3) is 5.05. The number of halogens is 2. The van der Waals surface area contributed by atoms with Crippen LogP contribution in [0.15, 0.2) is 42.5 Å². The van der Waals surface area contributed by atoms with E-state index in [0.29, 0.717) is 19.6 Å². The molecule has 0 saturated heterocycles. The summed E-state index contributed by atoms with van der Waals surface area (Å²) in [5.74, 6) is -0.431. The van der Waals surface area contributed by atoms with E-state index in [9.17, 15) is 14.0 Å². The molecule has 1 atom stereocenters. The Hall–Kier alpha value is -2.64. The summed E-state index contributed by atoms with van der Waals surface area (Å²) in [4.78, 5) is 25.1. The van der Waals surface area contributed by atoms with Crippen molar-refractivity contribution >= 4 is 23.4 Å². The predicted molar refractivity (Wildman–Crippen MR) is 118 cm³/mol. The fraction of sp³-hybridized carbons (Fsp3) is 0.417. The first-order chi connectivity index (χ1) is 15.4. The third-order valence-corrected chi connectivity index (χ3v) is 6.60. The summed E-state index contributed by atoms with van der Waals surface area (Å²) in [5, 5.41) is 6.04. The van der Waals surface area contributed by atoms with Crippen LogP contribution in [0.1, 0.15) is 30.4 Å². The SMILES string of the molecule is COCc1ccc(CNC(=O)C2CC3(NC(=O)COc4ccc(Cl)c(F)c4)CC2C3)cc1. The monoisotopic (exact) mass is 460 g/mol. The zero-order valence-electron chi connectivity index (χ0n) is 17.8. The summed E-state index contributed by atoms with van der Waals surface area (Å²) in [6.45, 7) is 0.815. The number of hydrogen-bond donors (Lipinski definition) is 2. The summed E-state index contributed by atoms with van der Waals surface area (Å²) in [6.07, 6.45) is 2.20. The van der Waals surface area contributed by atoms with Gasteiger partial charge in [0.15, 0.2) is 6.61 Å². The lowest BCUT2D eigenvalue weighted by Crippen LogP contribution is -2.53. The second kappa shape index (κ2) is 9.46. The van der Waals surface area contributed by atoms with Crippen molar-refractivity contribution in [3.63, 3.8) is 0 Å². The van der Waals surface area contributed by atoms with E-state index in [1.54, 1.807) is 7.11 Å². The Morgan fingerprint density at radius 1 is 1.12 bits per heavy atom. The van der Waals surface area contributed by atoms with E-state index in [2.05, 4.69) is 10.6 Å². The molecule has 6 nitrogen and oxygen atoms in total. The van der Waals surface area contributed by atoms with Gasteiger partial charge in [-0.05, 0) is 48.4 Å². The standard InChI is InChI=1S/C24H26ClFN2O4/c1-31-13-16-4-2-15(3-5-16)12-27-23(30)19-11-24(9-17(19)10-24)28-22(29)14-32-18-6-7-20(25)21(26)8-18/h2-8,17,19H,9-14H2,1H3,(H,27,30)(H,28,29). The predicted octanol–water partition coefficient (Wildman–Crippen LogP) is 3.61. The number of fused-ring (bicyclic) bond motifs is 1. The molecule has 170 valence electrons. The van der Waals surface area contributed by atoms with Gasteiger partial charge in [0.25, 0.3) is 5.91 Å². The van der Waals surface area contributed by atoms with Crippen molar-refractivity contribution in [2.75, 3.05) is 13.7 Å². The Bertz CT molecular complexity index is 992. The molecule has 3 fully saturated rings. The molecule has 8 heteroatoms. The number of amides is 2. The average Bonchev–Trinajstić information content (AvgIpc) is 3.30. The van der Waals surface area contributed by atoms with Gasteiger partial charge in [-0.25, -0.2) is 4.39 Å². The topological polar surface area (TPSA) is 76.7 Å². The lowest BCUT2D eigenvalue weighted by atomic mass is 9.76. The molecule has 0 aliphatic heterocycles. The maximum atomic E-state index is 13.5. The average molecular weight is 461 g/mol. The van der Waals surface area contributed by atoms with E-state index < -0.39 is 5.82 Å². The summed E-state index contributed by atoms with van der Waals surface area (Å²) in [5.41, 5.74) is 1.77. The molecule has 0 spiro atoms. The minimum absolute atomic E-state index is 0.000387. The molecule has 3 aliphatic carbocycles. The molecule has 0 aromatic heterocycles. The van der Waals surface area contributed by atoms with Crippen LogP contribution in [0.3, 0.4) is 0 Å². The number of nitrogens with one attached hydrogen (secondary N) is 2. The minimum Gasteiger partial charge on any atom is -0.484 e. The van der Waals surface area contributed by atoms with E-state index in [4.69, 9.17) is 21.1 Å². The number of hydrogen-bond acceptors (Lipinski definition) is 4. The molecular weight excluding hydrogens is 435 g/mol. The van der Waals surface area contributed by atoms with Crippen molar-refractivity contribution in [3.8, 4) is 5.75 Å². The number of benzene rings is 2. The molecule has 32 heavy (non-hydrogen) atoms. The van der Waals surface area contributed by atoms with Crippen LogP contribution in [0.4, 0.5) is 4.39 Å². The molecule has 5 rings (SSSR count). The highest BCUT2D eigenvalue weighted by molar-refractivity contribution is 6.30. The molecule has 2 bridgehead atoms. The van der Waals surface area contributed by atoms with E-state index >= 15 is 0 Å². The fourth-order valence-corrected chi connectivity index (χ4v) is 4.85. The Labute approximate surface area is 191 Å². The van der Waals surface area contributed by atoms with Crippen molar-refractivity contribution in [1.82, 2.24) is 10.6 Å². The van der Waals surface area contributed by atoms with Gasteiger partial charge in [-0.2, -0.15) is 0 Å². The maximum Gasteiger partial charge on any atom is 0.258 e. The van der Waals surface area contributed by atoms with Crippen LogP contribution >= 0.6 is 11.6 Å². The van der Waals surface area contributed by atoms with Gasteiger partial charge in [0.1, 0.15) is 11.6 Å². The molecule has 2 N–H and O–H groups in total. The highest BCUT2D eigenvalue weighted by atomic mass is 35.5. The van der Waals surface area contributed by atoms with Crippen molar-refractivity contribution < 1.29 is 23.5 Å². The molecule has 1 unspecified atom stereocenters. The number of methoxy groups -OCH3 is 1. The first-order valence-corrected chi connectivity index (χ1v) is 11.0. The zero-order valence-corrected chi connectivity index (χ0v) is 18.6. The van der Waals surface area contributed by atoms with Crippen LogP contribution in [0.5, 0.6) is 5.75 Å². The zero-order chi connectivity index (χ0) is 22.7. The number of carbonyl (C=O) groups excluding carboxylic acids is 2. The Balaban J connectivity index is 1.23. The van der Waals surface area contributed by atoms with Gasteiger partial charge in [-0.3, -0.25) is 9.59 Å². The van der Waals surface area contributed by atoms with Crippen molar-refractivity contribution in [2.24, 2.45) is 11.8 Å². The van der Waals surface area contributed by atoms with E-state index in [-0.39, 0.29) is 46.6 Å². The van der Waals surface area contributed by atoms with Crippen LogP contribution in [-0.2, 0) is 27.5 Å². The quantitative estimate of drug-likeness (QED) is 0.599. The third-order valence-electron chi connectivity index (χ3n) is 6.29. The van der Waals surface area contributed by atoms with Gasteiger partial charge in [0.2, 0.25) is 5.91 Å². The van der Waals surface area contributed by atoms with Crippen LogP contribution in [0.2, 0.25) is 5.02 Å². The minimum atomic E-state index is -0.597. The summed E-state index contributed by atoms with van der Waals surface area (Å²) >= 11 is 5.65. The number of ether oxygens (including phenoxy) is 2. The largest absolute Gasteiger partial charge is 0.484 e. The molecule has 0 radical (unpaired) electrons. The van der Waals surface area contributed by atoms with Gasteiger partial charge < -0.3 is 20.1 Å². The summed E-state index contributed by atoms with van der Waals surface area (Å²) in [6, 6.07) is 12.0. The lowest BCUT2D eigenvalue weighted by Gasteiger charge is -2.39. The molecule has 2 amide bonds. The molecule has 2 aromatic carbocycles. The number of rotatable bonds is 9. The van der Waals surface area contributed by atoms with Gasteiger partial charge in [-0.1, -0.05) is 35.9 Å². The van der Waals surface area contributed by atoms with Gasteiger partial charge in [0, 0.05) is 31.2 Å². The smallest absolute Gasteiger partial charge is 0.258 e. The molecule has 2 aromatic rings. The normalized spacial score (nSPS) is 23.3. The van der Waals surface area contributed by atoms with E-state index in [1.807, 2.05) is 24.3 Å². The van der Waals surface area contributed by atoms with Crippen LogP contribution in [0.25, 0.3) is 0 Å². The molecule has 3 aliphatic rings. The van der Waals surface area contributed by atoms with Crippen LogP contribution in [-0.4, -0.2) is 31.1 Å². The fourth-order valence-electron chi connectivity index (χ4n) is 4.73. The summed E-state index contributed by atoms with van der Waals surface area (Å²) in [7, 11) is 1.66. The molecule has 0 heterocycles. The molecule has 3 saturated carbocycles. The van der Waals surface area contributed by atoms with E-state index in [1.165, 1.54) is 12.1 Å². The van der Waals surface area contributed by atoms with Crippen molar-refractivity contribution in [2.45, 2.75) is 38.0 Å². The lowest BCUT2D eigenvalue weighted by molar-refractivity contribution is -0.126. The second-order valence-corrected chi connectivity index (χ2v) is 9.05. The van der Waals surface area contributed by atoms with Crippen molar-refractivity contribution in [3.05, 3.63) is 64.4 Å². The highest BCUT2D eigenvalue weighted by Gasteiger charge is 2.58. The Kier molecular flexibility index (Phi) is 6.67. The number of carbonyl (C=O) groups is 2. The summed E-state index contributed by atoms with van der Waals surface area (Å²) < 4.78 is 24.0. The van der Waals surface area contributed by atoms with Gasteiger partial charge in [-0.15, -0.1) is 0 Å². The van der Waals surface area contributed by atoms with Crippen LogP contribution < -0.4 is 15.4 Å². The highest BCUT2D eigenvalue weighted by Crippen LogP contribution is 2.55. The Morgan fingerprint density at radius 2 is 1.84 bits per heavy atom. The maximum absolute atomic E-state index is 13.5. The second-order valence-electron chi connectivity index (χ2n) is 8.64. The van der Waals surface area contributed by atoms with Crippen molar-refractivity contribution in [1.29, 1.82) is 0 Å². The molecular formula is C24H26ClFN2O4. The first-order valence-electron chi connectivity index (χ1n) is 10.6. The van der Waals surface area contributed by atoms with Crippen LogP contribution in [0, 0.1) is 17.7 Å². The Morgan fingerprint density at radius 3 is 2.53 bits per heavy atom. The van der Waals surface area contributed by atoms with Gasteiger partial charge in [0.05, 0.1) is 11.6 Å². The van der Waals surface area contributed by atoms with Gasteiger partial charge >= 0.3 is 0 Å². The van der Waals surface area contributed by atoms with E-state index in [0.717, 1.165) is 30.0 Å². The first kappa shape index (κ1) is 22.6.